The highest BCUT2D eigenvalue weighted by molar-refractivity contribution is 6.11. The molecule has 1 aliphatic rings. The molecule has 1 aliphatic heterocycles. The van der Waals surface area contributed by atoms with E-state index in [1.807, 2.05) is 0 Å². The largest absolute Gasteiger partial charge is 0.438 e. The highest BCUT2D eigenvalue weighted by Gasteiger charge is 2.65. The fourth-order valence-corrected chi connectivity index (χ4v) is 4.11. The van der Waals surface area contributed by atoms with Crippen LogP contribution in [-0.2, 0) is 11.8 Å². The van der Waals surface area contributed by atoms with E-state index >= 15 is 0 Å². The van der Waals surface area contributed by atoms with Crippen LogP contribution in [0.5, 0.6) is 0 Å². The lowest BCUT2D eigenvalue weighted by molar-refractivity contribution is -0.186. The minimum Gasteiger partial charge on any atom is -0.348 e. The van der Waals surface area contributed by atoms with E-state index in [1.54, 1.807) is 12.1 Å². The third kappa shape index (κ3) is 3.00. The van der Waals surface area contributed by atoms with Crippen molar-refractivity contribution < 1.29 is 31.1 Å². The maximum absolute atomic E-state index is 14.9. The van der Waals surface area contributed by atoms with Gasteiger partial charge in [-0.1, -0.05) is 36.4 Å². The van der Waals surface area contributed by atoms with Gasteiger partial charge in [0.1, 0.15) is 5.82 Å². The number of fused-ring (bicyclic) bond motifs is 5. The molecule has 0 amide bonds. The highest BCUT2D eigenvalue weighted by Crippen LogP contribution is 2.48. The average molecular weight is 461 g/mol. The number of carbonyl (C=O) groups is 1. The molecule has 0 fully saturated rings. The van der Waals surface area contributed by atoms with E-state index in [0.717, 1.165) is 16.7 Å². The Kier molecular flexibility index (Phi) is 4.36. The number of benzene rings is 3. The summed E-state index contributed by atoms with van der Waals surface area (Å²) in [5, 5.41) is 2.22. The van der Waals surface area contributed by atoms with Crippen molar-refractivity contribution in [3.8, 4) is 11.4 Å². The Hall–Kier alpha value is -3.82. The number of ketones is 1. The van der Waals surface area contributed by atoms with E-state index < -0.39 is 29.4 Å². The van der Waals surface area contributed by atoms with Crippen LogP contribution in [-0.4, -0.2) is 21.5 Å². The van der Waals surface area contributed by atoms with Crippen LogP contribution in [0.1, 0.15) is 15.9 Å². The molecule has 33 heavy (non-hydrogen) atoms. The van der Waals surface area contributed by atoms with Crippen LogP contribution in [0.2, 0.25) is 0 Å². The summed E-state index contributed by atoms with van der Waals surface area (Å²) >= 11 is 0. The highest BCUT2D eigenvalue weighted by atomic mass is 19.4. The van der Waals surface area contributed by atoms with Gasteiger partial charge in [-0.3, -0.25) is 9.36 Å². The SMILES string of the molecule is O=C1c2ccccc2-c2nc3ccccc3n2C1(Nc1ccc(C(F)(F)F)cc1)C(F)(F)F. The molecule has 4 nitrogen and oxygen atoms in total. The van der Waals surface area contributed by atoms with Crippen molar-refractivity contribution >= 4 is 22.5 Å². The lowest BCUT2D eigenvalue weighted by Gasteiger charge is -2.41. The molecule has 2 heterocycles. The number of imidazole rings is 1. The van der Waals surface area contributed by atoms with Crippen LogP contribution in [0.25, 0.3) is 22.4 Å². The van der Waals surface area contributed by atoms with Gasteiger partial charge >= 0.3 is 12.4 Å². The summed E-state index contributed by atoms with van der Waals surface area (Å²) in [4.78, 5) is 17.9. The predicted molar refractivity (Wildman–Crippen MR) is 109 cm³/mol. The summed E-state index contributed by atoms with van der Waals surface area (Å²) in [5.74, 6) is -1.37. The van der Waals surface area contributed by atoms with Gasteiger partial charge < -0.3 is 5.32 Å². The Morgan fingerprint density at radius 2 is 1.39 bits per heavy atom. The van der Waals surface area contributed by atoms with Crippen molar-refractivity contribution in [2.75, 3.05) is 5.32 Å². The molecule has 1 aromatic heterocycles. The first kappa shape index (κ1) is 21.0. The van der Waals surface area contributed by atoms with Gasteiger partial charge in [0.15, 0.2) is 0 Å². The molecule has 5 rings (SSSR count). The van der Waals surface area contributed by atoms with Crippen molar-refractivity contribution in [3.05, 3.63) is 83.9 Å². The second-order valence-electron chi connectivity index (χ2n) is 7.54. The third-order valence-corrected chi connectivity index (χ3v) is 5.59. The van der Waals surface area contributed by atoms with Gasteiger partial charge in [0, 0.05) is 16.8 Å². The maximum atomic E-state index is 14.9. The summed E-state index contributed by atoms with van der Waals surface area (Å²) in [6, 6.07) is 14.9. The van der Waals surface area contributed by atoms with Crippen molar-refractivity contribution in [3.63, 3.8) is 0 Å². The number of halogens is 6. The van der Waals surface area contributed by atoms with E-state index in [9.17, 15) is 31.1 Å². The number of nitrogens with zero attached hydrogens (tertiary/aromatic N) is 2. The first-order valence-electron chi connectivity index (χ1n) is 9.68. The van der Waals surface area contributed by atoms with Crippen molar-refractivity contribution in [2.24, 2.45) is 0 Å². The van der Waals surface area contributed by atoms with Gasteiger partial charge in [-0.25, -0.2) is 4.98 Å². The lowest BCUT2D eigenvalue weighted by Crippen LogP contribution is -2.61. The number of para-hydroxylation sites is 2. The first-order valence-corrected chi connectivity index (χ1v) is 9.68. The second-order valence-corrected chi connectivity index (χ2v) is 7.54. The monoisotopic (exact) mass is 461 g/mol. The van der Waals surface area contributed by atoms with Crippen LogP contribution in [0, 0.1) is 0 Å². The lowest BCUT2D eigenvalue weighted by atomic mass is 9.88. The van der Waals surface area contributed by atoms with E-state index in [-0.39, 0.29) is 33.7 Å². The summed E-state index contributed by atoms with van der Waals surface area (Å²) < 4.78 is 84.2. The van der Waals surface area contributed by atoms with Gasteiger partial charge in [-0.2, -0.15) is 26.3 Å². The van der Waals surface area contributed by atoms with Crippen LogP contribution in [0.4, 0.5) is 32.0 Å². The van der Waals surface area contributed by atoms with Crippen molar-refractivity contribution in [1.82, 2.24) is 9.55 Å². The molecular weight excluding hydrogens is 448 g/mol. The average Bonchev–Trinajstić information content (AvgIpc) is 3.16. The summed E-state index contributed by atoms with van der Waals surface area (Å²) in [5.41, 5.74) is -4.34. The van der Waals surface area contributed by atoms with Gasteiger partial charge in [0.2, 0.25) is 5.78 Å². The Morgan fingerprint density at radius 3 is 2.03 bits per heavy atom. The molecule has 1 unspecified atom stereocenters. The summed E-state index contributed by atoms with van der Waals surface area (Å²) in [7, 11) is 0. The van der Waals surface area contributed by atoms with Crippen LogP contribution in [0.3, 0.4) is 0 Å². The number of hydrogen-bond donors (Lipinski definition) is 1. The number of hydrogen-bond acceptors (Lipinski definition) is 3. The molecule has 0 radical (unpaired) electrons. The number of Topliss-reactive ketones (excluding diaryl/α,β-unsaturated/α-hetero) is 1. The van der Waals surface area contributed by atoms with Gasteiger partial charge in [0.05, 0.1) is 16.6 Å². The number of aromatic nitrogens is 2. The van der Waals surface area contributed by atoms with Crippen LogP contribution >= 0.6 is 0 Å². The van der Waals surface area contributed by atoms with Gasteiger partial charge in [-0.05, 0) is 36.4 Å². The Labute approximate surface area is 182 Å². The molecule has 1 atom stereocenters. The Bertz CT molecular complexity index is 1390. The predicted octanol–water partition coefficient (Wildman–Crippen LogP) is 6.25. The van der Waals surface area contributed by atoms with E-state index in [4.69, 9.17) is 0 Å². The molecule has 10 heteroatoms. The summed E-state index contributed by atoms with van der Waals surface area (Å²) in [6.07, 6.45) is -9.84. The number of carbonyl (C=O) groups excluding carboxylic acids is 1. The quantitative estimate of drug-likeness (QED) is 0.359. The molecule has 3 aromatic carbocycles. The molecule has 4 aromatic rings. The molecule has 0 aliphatic carbocycles. The van der Waals surface area contributed by atoms with Gasteiger partial charge in [-0.15, -0.1) is 0 Å². The zero-order valence-corrected chi connectivity index (χ0v) is 16.5. The third-order valence-electron chi connectivity index (χ3n) is 5.59. The van der Waals surface area contributed by atoms with Crippen LogP contribution in [0.15, 0.2) is 72.8 Å². The molecule has 0 spiro atoms. The number of nitrogens with one attached hydrogen (secondary N) is 1. The Balaban J connectivity index is 1.80. The molecule has 1 N–H and O–H groups in total. The molecule has 168 valence electrons. The molecular formula is C23H13F6N3O. The fraction of sp³-hybridized carbons (Fsp3) is 0.130. The van der Waals surface area contributed by atoms with E-state index in [2.05, 4.69) is 10.3 Å². The number of anilines is 1. The maximum Gasteiger partial charge on any atom is 0.438 e. The standard InChI is InChI=1S/C23H13F6N3O/c24-22(25,26)13-9-11-14(12-10-13)31-21(23(27,28)29)19(33)15-5-1-2-6-16(15)20-30-17-7-3-4-8-18(17)32(20)21/h1-12,31H. The zero-order chi connectivity index (χ0) is 23.6. The molecule has 0 saturated carbocycles. The summed E-state index contributed by atoms with van der Waals surface area (Å²) in [6.45, 7) is 0. The van der Waals surface area contributed by atoms with E-state index in [1.165, 1.54) is 36.4 Å². The molecule has 0 bridgehead atoms. The second kappa shape index (κ2) is 6.84. The zero-order valence-electron chi connectivity index (χ0n) is 16.5. The van der Waals surface area contributed by atoms with E-state index in [0.29, 0.717) is 12.1 Å². The Morgan fingerprint density at radius 1 is 0.788 bits per heavy atom. The topological polar surface area (TPSA) is 46.9 Å². The first-order chi connectivity index (χ1) is 15.5. The minimum atomic E-state index is -5.18. The minimum absolute atomic E-state index is 0.0482. The van der Waals surface area contributed by atoms with Crippen LogP contribution < -0.4 is 5.32 Å². The smallest absolute Gasteiger partial charge is 0.348 e. The fourth-order valence-electron chi connectivity index (χ4n) is 4.11. The normalized spacial score (nSPS) is 18.2. The van der Waals surface area contributed by atoms with Gasteiger partial charge in [0.25, 0.3) is 5.66 Å². The number of alkyl halides is 6. The molecule has 0 saturated heterocycles. The van der Waals surface area contributed by atoms with Crippen molar-refractivity contribution in [2.45, 2.75) is 18.0 Å². The number of rotatable bonds is 2. The van der Waals surface area contributed by atoms with Crippen molar-refractivity contribution in [1.29, 1.82) is 0 Å².